The smallest absolute Gasteiger partial charge is 0.133 e. The van der Waals surface area contributed by atoms with Gasteiger partial charge in [0.05, 0.1) is 0 Å². The number of nitrogens with zero attached hydrogens (tertiary/aromatic N) is 3. The molecule has 2 heterocycles. The maximum Gasteiger partial charge on any atom is 0.133 e. The Kier molecular flexibility index (Phi) is 4.52. The fourth-order valence-electron chi connectivity index (χ4n) is 3.23. The SMILES string of the molecule is CC1CN(c2ncc(Br)cc2CNC2CC2)CC1N(C)C. The molecule has 2 fully saturated rings. The Bertz CT molecular complexity index is 501. The molecular formula is C16H25BrN4. The van der Waals surface area contributed by atoms with Crippen LogP contribution < -0.4 is 10.2 Å². The second-order valence-corrected chi connectivity index (χ2v) is 7.62. The minimum Gasteiger partial charge on any atom is -0.354 e. The van der Waals surface area contributed by atoms with Crippen LogP contribution in [0.5, 0.6) is 0 Å². The summed E-state index contributed by atoms with van der Waals surface area (Å²) in [5, 5.41) is 3.61. The summed E-state index contributed by atoms with van der Waals surface area (Å²) in [6, 6.07) is 3.55. The quantitative estimate of drug-likeness (QED) is 0.881. The third-order valence-corrected chi connectivity index (χ3v) is 5.04. The van der Waals surface area contributed by atoms with Crippen molar-refractivity contribution in [2.24, 2.45) is 5.92 Å². The molecule has 1 N–H and O–H groups in total. The van der Waals surface area contributed by atoms with Gasteiger partial charge in [-0.05, 0) is 54.9 Å². The van der Waals surface area contributed by atoms with Crippen molar-refractivity contribution in [3.05, 3.63) is 22.3 Å². The first kappa shape index (κ1) is 15.3. The average Bonchev–Trinajstić information content (AvgIpc) is 3.18. The third kappa shape index (κ3) is 3.58. The number of nitrogens with one attached hydrogen (secondary N) is 1. The summed E-state index contributed by atoms with van der Waals surface area (Å²) in [5.74, 6) is 1.83. The van der Waals surface area contributed by atoms with Gasteiger partial charge in [-0.15, -0.1) is 0 Å². The second kappa shape index (κ2) is 6.23. The summed E-state index contributed by atoms with van der Waals surface area (Å²) in [4.78, 5) is 9.50. The number of anilines is 1. The maximum absolute atomic E-state index is 4.71. The highest BCUT2D eigenvalue weighted by molar-refractivity contribution is 9.10. The lowest BCUT2D eigenvalue weighted by Gasteiger charge is -2.23. The van der Waals surface area contributed by atoms with Gasteiger partial charge in [-0.3, -0.25) is 0 Å². The highest BCUT2D eigenvalue weighted by Crippen LogP contribution is 2.29. The number of likely N-dealkylation sites (N-methyl/N-ethyl adjacent to an activating group) is 1. The largest absolute Gasteiger partial charge is 0.354 e. The summed E-state index contributed by atoms with van der Waals surface area (Å²) in [6.45, 7) is 5.42. The molecule has 3 rings (SSSR count). The Balaban J connectivity index is 1.77. The van der Waals surface area contributed by atoms with E-state index in [2.05, 4.69) is 58.1 Å². The Morgan fingerprint density at radius 1 is 1.38 bits per heavy atom. The van der Waals surface area contributed by atoms with Crippen molar-refractivity contribution in [3.63, 3.8) is 0 Å². The lowest BCUT2D eigenvalue weighted by atomic mass is 10.1. The fraction of sp³-hybridized carbons (Fsp3) is 0.688. The fourth-order valence-corrected chi connectivity index (χ4v) is 3.60. The van der Waals surface area contributed by atoms with Crippen LogP contribution in [0.25, 0.3) is 0 Å². The molecule has 0 amide bonds. The van der Waals surface area contributed by atoms with Crippen LogP contribution >= 0.6 is 15.9 Å². The first-order valence-electron chi connectivity index (χ1n) is 7.83. The molecule has 4 nitrogen and oxygen atoms in total. The Morgan fingerprint density at radius 2 is 2.14 bits per heavy atom. The molecule has 2 aliphatic rings. The van der Waals surface area contributed by atoms with Crippen molar-refractivity contribution in [2.45, 2.75) is 38.4 Å². The van der Waals surface area contributed by atoms with Crippen molar-refractivity contribution in [1.82, 2.24) is 15.2 Å². The van der Waals surface area contributed by atoms with Crippen LogP contribution in [-0.4, -0.2) is 49.2 Å². The van der Waals surface area contributed by atoms with Crippen LogP contribution in [0.15, 0.2) is 16.7 Å². The van der Waals surface area contributed by atoms with Gasteiger partial charge in [0.15, 0.2) is 0 Å². The molecule has 2 unspecified atom stereocenters. The van der Waals surface area contributed by atoms with Gasteiger partial charge in [-0.1, -0.05) is 6.92 Å². The van der Waals surface area contributed by atoms with Crippen LogP contribution in [0.4, 0.5) is 5.82 Å². The van der Waals surface area contributed by atoms with E-state index in [0.717, 1.165) is 36.0 Å². The predicted octanol–water partition coefficient (Wildman–Crippen LogP) is 2.48. The first-order chi connectivity index (χ1) is 10.0. The molecule has 1 aromatic heterocycles. The number of rotatable bonds is 5. The molecule has 0 aromatic carbocycles. The number of aromatic nitrogens is 1. The van der Waals surface area contributed by atoms with Crippen LogP contribution in [0.2, 0.25) is 0 Å². The molecule has 0 bridgehead atoms. The molecule has 2 atom stereocenters. The van der Waals surface area contributed by atoms with E-state index in [0.29, 0.717) is 12.0 Å². The van der Waals surface area contributed by atoms with Crippen LogP contribution in [-0.2, 0) is 6.54 Å². The predicted molar refractivity (Wildman–Crippen MR) is 90.7 cm³/mol. The van der Waals surface area contributed by atoms with Gasteiger partial charge in [-0.2, -0.15) is 0 Å². The normalized spacial score (nSPS) is 25.9. The number of hydrogen-bond acceptors (Lipinski definition) is 4. The molecule has 0 radical (unpaired) electrons. The zero-order valence-electron chi connectivity index (χ0n) is 13.1. The lowest BCUT2D eigenvalue weighted by Crippen LogP contribution is -2.34. The summed E-state index contributed by atoms with van der Waals surface area (Å²) in [5.41, 5.74) is 1.31. The zero-order chi connectivity index (χ0) is 15.0. The molecule has 116 valence electrons. The monoisotopic (exact) mass is 352 g/mol. The number of halogens is 1. The zero-order valence-corrected chi connectivity index (χ0v) is 14.7. The minimum absolute atomic E-state index is 0.611. The minimum atomic E-state index is 0.611. The average molecular weight is 353 g/mol. The van der Waals surface area contributed by atoms with E-state index in [-0.39, 0.29) is 0 Å². The summed E-state index contributed by atoms with van der Waals surface area (Å²) >= 11 is 3.56. The molecule has 1 aliphatic carbocycles. The standard InChI is InChI=1S/C16H25BrN4/c1-11-9-21(10-15(11)20(2)3)16-12(6-13(17)8-19-16)7-18-14-4-5-14/h6,8,11,14-15,18H,4-5,7,9-10H2,1-3H3. The van der Waals surface area contributed by atoms with E-state index < -0.39 is 0 Å². The van der Waals surface area contributed by atoms with Crippen molar-refractivity contribution >= 4 is 21.7 Å². The molecule has 1 saturated carbocycles. The van der Waals surface area contributed by atoms with E-state index in [1.54, 1.807) is 0 Å². The molecule has 1 aromatic rings. The van der Waals surface area contributed by atoms with E-state index >= 15 is 0 Å². The van der Waals surface area contributed by atoms with Gasteiger partial charge in [0.1, 0.15) is 5.82 Å². The summed E-state index contributed by atoms with van der Waals surface area (Å²) < 4.78 is 1.07. The molecule has 21 heavy (non-hydrogen) atoms. The lowest BCUT2D eigenvalue weighted by molar-refractivity contribution is 0.266. The van der Waals surface area contributed by atoms with Crippen molar-refractivity contribution in [2.75, 3.05) is 32.1 Å². The van der Waals surface area contributed by atoms with Crippen molar-refractivity contribution < 1.29 is 0 Å². The van der Waals surface area contributed by atoms with E-state index in [9.17, 15) is 0 Å². The van der Waals surface area contributed by atoms with E-state index in [4.69, 9.17) is 4.98 Å². The van der Waals surface area contributed by atoms with Crippen LogP contribution in [0.1, 0.15) is 25.3 Å². The topological polar surface area (TPSA) is 31.4 Å². The van der Waals surface area contributed by atoms with Gasteiger partial charge in [0, 0.05) is 48.0 Å². The van der Waals surface area contributed by atoms with E-state index in [1.165, 1.54) is 18.4 Å². The number of pyridine rings is 1. The van der Waals surface area contributed by atoms with Gasteiger partial charge in [-0.25, -0.2) is 4.98 Å². The summed E-state index contributed by atoms with van der Waals surface area (Å²) in [7, 11) is 4.35. The Labute approximate surface area is 136 Å². The molecule has 1 saturated heterocycles. The molecule has 0 spiro atoms. The molecular weight excluding hydrogens is 328 g/mol. The second-order valence-electron chi connectivity index (χ2n) is 6.70. The molecule has 5 heteroatoms. The molecule has 1 aliphatic heterocycles. The van der Waals surface area contributed by atoms with Gasteiger partial charge >= 0.3 is 0 Å². The van der Waals surface area contributed by atoms with Crippen molar-refractivity contribution in [1.29, 1.82) is 0 Å². The van der Waals surface area contributed by atoms with Crippen molar-refractivity contribution in [3.8, 4) is 0 Å². The first-order valence-corrected chi connectivity index (χ1v) is 8.63. The van der Waals surface area contributed by atoms with Gasteiger partial charge in [0.25, 0.3) is 0 Å². The van der Waals surface area contributed by atoms with Gasteiger partial charge < -0.3 is 15.1 Å². The highest BCUT2D eigenvalue weighted by atomic mass is 79.9. The van der Waals surface area contributed by atoms with Crippen LogP contribution in [0, 0.1) is 5.92 Å². The summed E-state index contributed by atoms with van der Waals surface area (Å²) in [6.07, 6.45) is 4.56. The highest BCUT2D eigenvalue weighted by Gasteiger charge is 2.32. The van der Waals surface area contributed by atoms with Crippen LogP contribution in [0.3, 0.4) is 0 Å². The Morgan fingerprint density at radius 3 is 2.76 bits per heavy atom. The Hall–Kier alpha value is -0.650. The third-order valence-electron chi connectivity index (χ3n) is 4.60. The maximum atomic E-state index is 4.71. The van der Waals surface area contributed by atoms with E-state index in [1.807, 2.05) is 6.20 Å². The van der Waals surface area contributed by atoms with Gasteiger partial charge in [0.2, 0.25) is 0 Å². The number of hydrogen-bond donors (Lipinski definition) is 1.